The summed E-state index contributed by atoms with van der Waals surface area (Å²) in [5.74, 6) is 0.532. The Hall–Kier alpha value is -2.99. The SMILES string of the molecule is c1ccc(-c2[nH]ncc2CN2CCC(c3ccnc4ccnn34)CC2)cc1. The van der Waals surface area contributed by atoms with Crippen LogP contribution in [0.3, 0.4) is 0 Å². The van der Waals surface area contributed by atoms with E-state index in [1.165, 1.54) is 16.8 Å². The Morgan fingerprint density at radius 3 is 2.70 bits per heavy atom. The highest BCUT2D eigenvalue weighted by Crippen LogP contribution is 2.29. The molecule has 0 bridgehead atoms. The first-order chi connectivity index (χ1) is 13.4. The highest BCUT2D eigenvalue weighted by molar-refractivity contribution is 5.62. The summed E-state index contributed by atoms with van der Waals surface area (Å²) in [7, 11) is 0. The standard InChI is InChI=1S/C21H22N6/c1-2-4-17(5-3-1)21-18(14-23-25-21)15-26-12-8-16(9-13-26)19-6-10-22-20-7-11-24-27(19)20/h1-7,10-11,14,16H,8-9,12-13,15H2,(H,23,25). The summed E-state index contributed by atoms with van der Waals surface area (Å²) in [4.78, 5) is 6.90. The molecule has 6 nitrogen and oxygen atoms in total. The average molecular weight is 358 g/mol. The van der Waals surface area contributed by atoms with Crippen LogP contribution in [0.15, 0.2) is 61.1 Å². The van der Waals surface area contributed by atoms with Gasteiger partial charge in [-0.2, -0.15) is 10.2 Å². The molecule has 4 aromatic rings. The normalized spacial score (nSPS) is 16.1. The van der Waals surface area contributed by atoms with Gasteiger partial charge in [0.2, 0.25) is 0 Å². The summed E-state index contributed by atoms with van der Waals surface area (Å²) < 4.78 is 1.99. The monoisotopic (exact) mass is 358 g/mol. The van der Waals surface area contributed by atoms with Crippen molar-refractivity contribution in [3.8, 4) is 11.3 Å². The van der Waals surface area contributed by atoms with Gasteiger partial charge in [-0.05, 0) is 37.6 Å². The van der Waals surface area contributed by atoms with Crippen molar-refractivity contribution >= 4 is 5.65 Å². The second-order valence-corrected chi connectivity index (χ2v) is 7.16. The van der Waals surface area contributed by atoms with Gasteiger partial charge in [0.25, 0.3) is 0 Å². The highest BCUT2D eigenvalue weighted by atomic mass is 15.3. The number of benzene rings is 1. The number of aromatic amines is 1. The first-order valence-electron chi connectivity index (χ1n) is 9.47. The summed E-state index contributed by atoms with van der Waals surface area (Å²) >= 11 is 0. The fraction of sp³-hybridized carbons (Fsp3) is 0.286. The number of aromatic nitrogens is 5. The van der Waals surface area contributed by atoms with Gasteiger partial charge < -0.3 is 0 Å². The average Bonchev–Trinajstić information content (AvgIpc) is 3.38. The molecular formula is C21H22N6. The van der Waals surface area contributed by atoms with E-state index in [0.29, 0.717) is 5.92 Å². The van der Waals surface area contributed by atoms with Gasteiger partial charge in [-0.3, -0.25) is 10.00 Å². The van der Waals surface area contributed by atoms with E-state index in [-0.39, 0.29) is 0 Å². The van der Waals surface area contributed by atoms with E-state index in [1.54, 1.807) is 0 Å². The quantitative estimate of drug-likeness (QED) is 0.606. The third-order valence-corrected chi connectivity index (χ3v) is 5.50. The minimum atomic E-state index is 0.532. The molecule has 1 aliphatic heterocycles. The molecule has 1 saturated heterocycles. The van der Waals surface area contributed by atoms with Crippen LogP contribution < -0.4 is 0 Å². The second kappa shape index (κ2) is 6.96. The third-order valence-electron chi connectivity index (χ3n) is 5.50. The molecule has 0 aliphatic carbocycles. The Balaban J connectivity index is 1.28. The zero-order chi connectivity index (χ0) is 18.1. The van der Waals surface area contributed by atoms with Gasteiger partial charge in [0.15, 0.2) is 5.65 Å². The van der Waals surface area contributed by atoms with Crippen LogP contribution in [0, 0.1) is 0 Å². The van der Waals surface area contributed by atoms with Crippen molar-refractivity contribution in [2.24, 2.45) is 0 Å². The van der Waals surface area contributed by atoms with E-state index >= 15 is 0 Å². The summed E-state index contributed by atoms with van der Waals surface area (Å²) in [6.45, 7) is 3.09. The van der Waals surface area contributed by atoms with Crippen LogP contribution in [0.2, 0.25) is 0 Å². The van der Waals surface area contributed by atoms with Crippen molar-refractivity contribution in [2.75, 3.05) is 13.1 Å². The number of H-pyrrole nitrogens is 1. The molecule has 1 N–H and O–H groups in total. The Bertz CT molecular complexity index is 1030. The topological polar surface area (TPSA) is 62.1 Å². The van der Waals surface area contributed by atoms with Crippen LogP contribution in [0.25, 0.3) is 16.9 Å². The molecule has 0 spiro atoms. The Kier molecular flexibility index (Phi) is 4.18. The van der Waals surface area contributed by atoms with E-state index < -0.39 is 0 Å². The number of likely N-dealkylation sites (tertiary alicyclic amines) is 1. The van der Waals surface area contributed by atoms with Crippen molar-refractivity contribution in [3.63, 3.8) is 0 Å². The second-order valence-electron chi connectivity index (χ2n) is 7.16. The summed E-state index contributed by atoms with van der Waals surface area (Å²) in [6, 6.07) is 14.5. The molecule has 4 heterocycles. The van der Waals surface area contributed by atoms with Crippen molar-refractivity contribution in [2.45, 2.75) is 25.3 Å². The molecule has 1 aromatic carbocycles. The van der Waals surface area contributed by atoms with E-state index in [1.807, 2.05) is 35.2 Å². The Morgan fingerprint density at radius 2 is 1.85 bits per heavy atom. The molecule has 136 valence electrons. The van der Waals surface area contributed by atoms with Crippen LogP contribution in [0.1, 0.15) is 30.0 Å². The maximum atomic E-state index is 4.45. The Morgan fingerprint density at radius 1 is 1.00 bits per heavy atom. The molecule has 6 heteroatoms. The van der Waals surface area contributed by atoms with Gasteiger partial charge in [-0.15, -0.1) is 0 Å². The molecule has 3 aromatic heterocycles. The number of hydrogen-bond donors (Lipinski definition) is 1. The fourth-order valence-corrected chi connectivity index (χ4v) is 4.08. The van der Waals surface area contributed by atoms with Crippen LogP contribution in [-0.2, 0) is 6.54 Å². The van der Waals surface area contributed by atoms with Gasteiger partial charge >= 0.3 is 0 Å². The number of nitrogens with zero attached hydrogens (tertiary/aromatic N) is 5. The van der Waals surface area contributed by atoms with Crippen molar-refractivity contribution in [1.29, 1.82) is 0 Å². The number of hydrogen-bond acceptors (Lipinski definition) is 4. The maximum Gasteiger partial charge on any atom is 0.155 e. The number of nitrogens with one attached hydrogen (secondary N) is 1. The molecule has 5 rings (SSSR count). The van der Waals surface area contributed by atoms with Crippen molar-refractivity contribution in [3.05, 3.63) is 72.3 Å². The molecule has 0 amide bonds. The van der Waals surface area contributed by atoms with Crippen molar-refractivity contribution < 1.29 is 0 Å². The molecule has 27 heavy (non-hydrogen) atoms. The lowest BCUT2D eigenvalue weighted by Crippen LogP contribution is -2.33. The van der Waals surface area contributed by atoms with E-state index in [0.717, 1.165) is 43.8 Å². The van der Waals surface area contributed by atoms with Gasteiger partial charge in [0, 0.05) is 36.0 Å². The van der Waals surface area contributed by atoms with Crippen molar-refractivity contribution in [1.82, 2.24) is 29.7 Å². The number of rotatable bonds is 4. The lowest BCUT2D eigenvalue weighted by Gasteiger charge is -2.32. The molecule has 0 radical (unpaired) electrons. The summed E-state index contributed by atoms with van der Waals surface area (Å²) in [5, 5.41) is 11.9. The molecule has 1 fully saturated rings. The zero-order valence-electron chi connectivity index (χ0n) is 15.1. The predicted molar refractivity (Wildman–Crippen MR) is 104 cm³/mol. The first kappa shape index (κ1) is 16.2. The number of piperidine rings is 1. The van der Waals surface area contributed by atoms with E-state index in [9.17, 15) is 0 Å². The smallest absolute Gasteiger partial charge is 0.155 e. The lowest BCUT2D eigenvalue weighted by molar-refractivity contribution is 0.202. The molecule has 1 aliphatic rings. The number of fused-ring (bicyclic) bond motifs is 1. The minimum absolute atomic E-state index is 0.532. The lowest BCUT2D eigenvalue weighted by atomic mass is 9.93. The molecule has 0 unspecified atom stereocenters. The predicted octanol–water partition coefficient (Wildman–Crippen LogP) is 3.50. The summed E-state index contributed by atoms with van der Waals surface area (Å²) in [5.41, 5.74) is 5.79. The van der Waals surface area contributed by atoms with Gasteiger partial charge in [-0.25, -0.2) is 9.50 Å². The third kappa shape index (κ3) is 3.13. The van der Waals surface area contributed by atoms with E-state index in [4.69, 9.17) is 0 Å². The molecule has 0 saturated carbocycles. The molecule has 0 atom stereocenters. The zero-order valence-corrected chi connectivity index (χ0v) is 15.1. The first-order valence-corrected chi connectivity index (χ1v) is 9.47. The largest absolute Gasteiger partial charge is 0.299 e. The van der Waals surface area contributed by atoms with E-state index in [2.05, 4.69) is 55.5 Å². The van der Waals surface area contributed by atoms with Crippen LogP contribution in [0.4, 0.5) is 0 Å². The highest BCUT2D eigenvalue weighted by Gasteiger charge is 2.23. The Labute approximate surface area is 157 Å². The molecular weight excluding hydrogens is 336 g/mol. The summed E-state index contributed by atoms with van der Waals surface area (Å²) in [6.07, 6.45) is 7.96. The maximum absolute atomic E-state index is 4.45. The van der Waals surface area contributed by atoms with Gasteiger partial charge in [0.1, 0.15) is 0 Å². The fourth-order valence-electron chi connectivity index (χ4n) is 4.08. The van der Waals surface area contributed by atoms with Crippen LogP contribution >= 0.6 is 0 Å². The minimum Gasteiger partial charge on any atom is -0.299 e. The van der Waals surface area contributed by atoms with Crippen LogP contribution in [0.5, 0.6) is 0 Å². The van der Waals surface area contributed by atoms with Crippen LogP contribution in [-0.4, -0.2) is 42.8 Å². The van der Waals surface area contributed by atoms with Gasteiger partial charge in [-0.1, -0.05) is 30.3 Å². The van der Waals surface area contributed by atoms with Gasteiger partial charge in [0.05, 0.1) is 18.1 Å².